The molecular weight excluding hydrogens is 329 g/mol. The summed E-state index contributed by atoms with van der Waals surface area (Å²) in [5.74, 6) is 1.31. The minimum absolute atomic E-state index is 0. The average Bonchev–Trinajstić information content (AvgIpc) is 2.26. The first-order valence-electron chi connectivity index (χ1n) is 5.31. The van der Waals surface area contributed by atoms with Crippen LogP contribution in [-0.4, -0.2) is 19.1 Å². The fourth-order valence-corrected chi connectivity index (χ4v) is 1.29. The van der Waals surface area contributed by atoms with Gasteiger partial charge in [0.15, 0.2) is 5.96 Å². The third kappa shape index (κ3) is 6.35. The molecule has 17 heavy (non-hydrogen) atoms. The van der Waals surface area contributed by atoms with Crippen LogP contribution in [0.5, 0.6) is 5.75 Å². The molecule has 3 N–H and O–H groups in total. The number of methoxy groups -OCH3 is 1. The smallest absolute Gasteiger partial charge is 0.189 e. The van der Waals surface area contributed by atoms with E-state index in [1.165, 1.54) is 0 Å². The Balaban J connectivity index is 0.00000256. The van der Waals surface area contributed by atoms with Gasteiger partial charge in [-0.25, -0.2) is 4.99 Å². The molecule has 96 valence electrons. The van der Waals surface area contributed by atoms with Gasteiger partial charge in [-0.15, -0.1) is 24.0 Å². The van der Waals surface area contributed by atoms with Gasteiger partial charge in [0.1, 0.15) is 5.75 Å². The summed E-state index contributed by atoms with van der Waals surface area (Å²) in [4.78, 5) is 4.24. The number of hydrogen-bond donors (Lipinski definition) is 2. The van der Waals surface area contributed by atoms with Crippen molar-refractivity contribution in [2.45, 2.75) is 26.4 Å². The molecule has 5 heteroatoms. The second-order valence-electron chi connectivity index (χ2n) is 3.85. The van der Waals surface area contributed by atoms with E-state index in [2.05, 4.69) is 10.3 Å². The molecule has 0 aromatic heterocycles. The summed E-state index contributed by atoms with van der Waals surface area (Å²) in [6.45, 7) is 4.60. The third-order valence-electron chi connectivity index (χ3n) is 2.00. The molecule has 0 aliphatic heterocycles. The summed E-state index contributed by atoms with van der Waals surface area (Å²) < 4.78 is 5.13. The van der Waals surface area contributed by atoms with Gasteiger partial charge in [-0.05, 0) is 31.5 Å². The molecular formula is C12H20IN3O. The predicted molar refractivity (Wildman–Crippen MR) is 82.0 cm³/mol. The van der Waals surface area contributed by atoms with Crippen LogP contribution in [-0.2, 0) is 6.54 Å². The summed E-state index contributed by atoms with van der Waals surface area (Å²) in [5.41, 5.74) is 6.78. The number of rotatable bonds is 4. The predicted octanol–water partition coefficient (Wildman–Crippen LogP) is 2.13. The first-order valence-corrected chi connectivity index (χ1v) is 5.31. The van der Waals surface area contributed by atoms with Crippen LogP contribution in [0.15, 0.2) is 29.3 Å². The fraction of sp³-hybridized carbons (Fsp3) is 0.417. The molecule has 0 radical (unpaired) electrons. The summed E-state index contributed by atoms with van der Waals surface area (Å²) in [5, 5.41) is 3.04. The van der Waals surface area contributed by atoms with Gasteiger partial charge in [0.25, 0.3) is 0 Å². The summed E-state index contributed by atoms with van der Waals surface area (Å²) in [6.07, 6.45) is 0. The Morgan fingerprint density at radius 2 is 2.18 bits per heavy atom. The number of nitrogens with two attached hydrogens (primary N) is 1. The summed E-state index contributed by atoms with van der Waals surface area (Å²) >= 11 is 0. The van der Waals surface area contributed by atoms with Crippen LogP contribution >= 0.6 is 24.0 Å². The highest BCUT2D eigenvalue weighted by Crippen LogP contribution is 2.12. The monoisotopic (exact) mass is 349 g/mol. The first kappa shape index (κ1) is 16.0. The maximum atomic E-state index is 5.70. The van der Waals surface area contributed by atoms with E-state index < -0.39 is 0 Å². The minimum Gasteiger partial charge on any atom is -0.497 e. The lowest BCUT2D eigenvalue weighted by atomic mass is 10.2. The number of nitrogens with zero attached hydrogens (tertiary/aromatic N) is 1. The molecule has 0 spiro atoms. The van der Waals surface area contributed by atoms with E-state index in [0.29, 0.717) is 18.5 Å². The van der Waals surface area contributed by atoms with E-state index in [1.54, 1.807) is 7.11 Å². The van der Waals surface area contributed by atoms with Crippen molar-refractivity contribution in [3.05, 3.63) is 29.8 Å². The number of benzene rings is 1. The van der Waals surface area contributed by atoms with E-state index in [9.17, 15) is 0 Å². The summed E-state index contributed by atoms with van der Waals surface area (Å²) in [7, 11) is 1.65. The van der Waals surface area contributed by atoms with Crippen molar-refractivity contribution in [3.63, 3.8) is 0 Å². The van der Waals surface area contributed by atoms with Crippen LogP contribution in [0.4, 0.5) is 0 Å². The van der Waals surface area contributed by atoms with Crippen molar-refractivity contribution < 1.29 is 4.74 Å². The number of guanidine groups is 1. The van der Waals surface area contributed by atoms with Crippen LogP contribution in [0.3, 0.4) is 0 Å². The van der Waals surface area contributed by atoms with E-state index in [4.69, 9.17) is 10.5 Å². The Morgan fingerprint density at radius 1 is 1.47 bits per heavy atom. The molecule has 0 aliphatic rings. The molecule has 0 bridgehead atoms. The third-order valence-corrected chi connectivity index (χ3v) is 2.00. The topological polar surface area (TPSA) is 59.6 Å². The Morgan fingerprint density at radius 3 is 2.76 bits per heavy atom. The fourth-order valence-electron chi connectivity index (χ4n) is 1.29. The van der Waals surface area contributed by atoms with E-state index in [1.807, 2.05) is 38.1 Å². The van der Waals surface area contributed by atoms with Crippen LogP contribution < -0.4 is 15.8 Å². The van der Waals surface area contributed by atoms with Crippen molar-refractivity contribution in [1.29, 1.82) is 0 Å². The van der Waals surface area contributed by atoms with Gasteiger partial charge < -0.3 is 15.8 Å². The van der Waals surface area contributed by atoms with E-state index in [-0.39, 0.29) is 24.0 Å². The molecule has 0 fully saturated rings. The molecule has 0 atom stereocenters. The lowest BCUT2D eigenvalue weighted by molar-refractivity contribution is 0.414. The molecule has 0 saturated heterocycles. The van der Waals surface area contributed by atoms with Gasteiger partial charge in [0.05, 0.1) is 13.7 Å². The lowest BCUT2D eigenvalue weighted by Gasteiger charge is -2.08. The second kappa shape index (κ2) is 8.16. The number of aliphatic imine (C=N–C) groups is 1. The normalized spacial score (nSPS) is 10.9. The van der Waals surface area contributed by atoms with Crippen molar-refractivity contribution >= 4 is 29.9 Å². The van der Waals surface area contributed by atoms with Crippen molar-refractivity contribution in [1.82, 2.24) is 5.32 Å². The van der Waals surface area contributed by atoms with Crippen LogP contribution in [0.25, 0.3) is 0 Å². The molecule has 1 aromatic rings. The van der Waals surface area contributed by atoms with Gasteiger partial charge >= 0.3 is 0 Å². The molecule has 1 aromatic carbocycles. The summed E-state index contributed by atoms with van der Waals surface area (Å²) in [6, 6.07) is 8.09. The van der Waals surface area contributed by atoms with Gasteiger partial charge in [0, 0.05) is 6.04 Å². The molecule has 1 rings (SSSR count). The van der Waals surface area contributed by atoms with E-state index >= 15 is 0 Å². The maximum Gasteiger partial charge on any atom is 0.189 e. The Hall–Kier alpha value is -0.980. The Bertz CT molecular complexity index is 367. The SMILES string of the molecule is COc1cccc(CN=C(N)NC(C)C)c1.I. The molecule has 0 amide bonds. The minimum atomic E-state index is 0. The molecule has 0 heterocycles. The Kier molecular flexibility index (Phi) is 7.69. The molecule has 0 aliphatic carbocycles. The lowest BCUT2D eigenvalue weighted by Crippen LogP contribution is -2.36. The molecule has 0 unspecified atom stereocenters. The van der Waals surface area contributed by atoms with Gasteiger partial charge in [-0.3, -0.25) is 0 Å². The van der Waals surface area contributed by atoms with Gasteiger partial charge in [0.2, 0.25) is 0 Å². The number of hydrogen-bond acceptors (Lipinski definition) is 2. The van der Waals surface area contributed by atoms with Crippen LogP contribution in [0.2, 0.25) is 0 Å². The number of ether oxygens (including phenoxy) is 1. The number of halogens is 1. The first-order chi connectivity index (χ1) is 7.61. The second-order valence-corrected chi connectivity index (χ2v) is 3.85. The highest BCUT2D eigenvalue weighted by molar-refractivity contribution is 14.0. The van der Waals surface area contributed by atoms with Gasteiger partial charge in [-0.2, -0.15) is 0 Å². The van der Waals surface area contributed by atoms with Crippen molar-refractivity contribution in [3.8, 4) is 5.75 Å². The van der Waals surface area contributed by atoms with Gasteiger partial charge in [-0.1, -0.05) is 12.1 Å². The Labute approximate surface area is 120 Å². The highest BCUT2D eigenvalue weighted by Gasteiger charge is 1.97. The quantitative estimate of drug-likeness (QED) is 0.497. The molecule has 4 nitrogen and oxygen atoms in total. The maximum absolute atomic E-state index is 5.70. The molecule has 0 saturated carbocycles. The number of nitrogens with one attached hydrogen (secondary N) is 1. The zero-order valence-electron chi connectivity index (χ0n) is 10.4. The van der Waals surface area contributed by atoms with Crippen LogP contribution in [0, 0.1) is 0 Å². The average molecular weight is 349 g/mol. The largest absolute Gasteiger partial charge is 0.497 e. The zero-order valence-corrected chi connectivity index (χ0v) is 12.8. The zero-order chi connectivity index (χ0) is 12.0. The standard InChI is InChI=1S/C12H19N3O.HI/c1-9(2)15-12(13)14-8-10-5-4-6-11(7-10)16-3;/h4-7,9H,8H2,1-3H3,(H3,13,14,15);1H. The van der Waals surface area contributed by atoms with Crippen LogP contribution in [0.1, 0.15) is 19.4 Å². The van der Waals surface area contributed by atoms with E-state index in [0.717, 1.165) is 11.3 Å². The van der Waals surface area contributed by atoms with Crippen molar-refractivity contribution in [2.24, 2.45) is 10.7 Å². The highest BCUT2D eigenvalue weighted by atomic mass is 127. The van der Waals surface area contributed by atoms with Crippen molar-refractivity contribution in [2.75, 3.05) is 7.11 Å².